The molecule has 0 radical (unpaired) electrons. The lowest BCUT2D eigenvalue weighted by atomic mass is 10.1. The summed E-state index contributed by atoms with van der Waals surface area (Å²) in [5.41, 5.74) is 0.740. The van der Waals surface area contributed by atoms with Crippen molar-refractivity contribution >= 4 is 49.9 Å². The van der Waals surface area contributed by atoms with Gasteiger partial charge in [-0.3, -0.25) is 4.98 Å². The quantitative estimate of drug-likeness (QED) is 0.578. The van der Waals surface area contributed by atoms with Gasteiger partial charge in [0.25, 0.3) is 0 Å². The van der Waals surface area contributed by atoms with Crippen molar-refractivity contribution in [2.75, 3.05) is 31.6 Å². The van der Waals surface area contributed by atoms with Crippen molar-refractivity contribution in [3.8, 4) is 6.07 Å². The molecule has 0 aliphatic carbocycles. The number of morpholine rings is 1. The van der Waals surface area contributed by atoms with E-state index in [0.717, 1.165) is 0 Å². The largest absolute Gasteiger partial charge is 0.478 e. The maximum atomic E-state index is 13.4. The highest BCUT2D eigenvalue weighted by atomic mass is 35.5. The van der Waals surface area contributed by atoms with E-state index in [1.54, 1.807) is 18.2 Å². The Bertz CT molecular complexity index is 1360. The van der Waals surface area contributed by atoms with Gasteiger partial charge in [0.05, 0.1) is 47.3 Å². The number of nitrogens with zero attached hydrogens (tertiary/aromatic N) is 3. The molecule has 0 atom stereocenters. The Balaban J connectivity index is 1.93. The molecule has 3 aromatic rings. The van der Waals surface area contributed by atoms with Crippen LogP contribution in [0.2, 0.25) is 5.02 Å². The number of aromatic nitrogens is 1. The number of carboxylic acid groups (broad SMARTS) is 1. The van der Waals surface area contributed by atoms with Gasteiger partial charge in [-0.1, -0.05) is 11.6 Å². The van der Waals surface area contributed by atoms with Gasteiger partial charge in [-0.05, 0) is 36.4 Å². The van der Waals surface area contributed by atoms with Crippen LogP contribution in [-0.4, -0.2) is 55.1 Å². The number of aromatic carboxylic acids is 1. The summed E-state index contributed by atoms with van der Waals surface area (Å²) in [5, 5.41) is 22.5. The van der Waals surface area contributed by atoms with Crippen LogP contribution in [0.1, 0.15) is 15.9 Å². The molecule has 1 aliphatic heterocycles. The van der Waals surface area contributed by atoms with E-state index in [-0.39, 0.29) is 53.7 Å². The van der Waals surface area contributed by atoms with E-state index >= 15 is 0 Å². The van der Waals surface area contributed by atoms with E-state index in [9.17, 15) is 18.3 Å². The van der Waals surface area contributed by atoms with Crippen LogP contribution in [-0.2, 0) is 14.8 Å². The minimum atomic E-state index is -3.98. The highest BCUT2D eigenvalue weighted by Gasteiger charge is 2.30. The third-order valence-corrected chi connectivity index (χ3v) is 7.17. The van der Waals surface area contributed by atoms with Crippen LogP contribution in [0, 0.1) is 11.3 Å². The number of nitrogens with one attached hydrogen (secondary N) is 1. The normalized spacial score (nSPS) is 14.8. The third kappa shape index (κ3) is 4.11. The second-order valence-electron chi connectivity index (χ2n) is 6.98. The van der Waals surface area contributed by atoms with E-state index in [1.807, 2.05) is 6.07 Å². The van der Waals surface area contributed by atoms with Gasteiger partial charge in [-0.25, -0.2) is 13.2 Å². The Labute approximate surface area is 188 Å². The molecule has 2 heterocycles. The number of ether oxygens (including phenoxy) is 1. The SMILES string of the molecule is N#Cc1ccc(Nc2c(S(=O)(=O)N3CCOCC3)cnc3ccc(Cl)cc23)c(C(=O)O)c1. The van der Waals surface area contributed by atoms with Crippen LogP contribution in [0.3, 0.4) is 0 Å². The van der Waals surface area contributed by atoms with Gasteiger partial charge in [-0.2, -0.15) is 9.57 Å². The van der Waals surface area contributed by atoms with Crippen LogP contribution in [0.4, 0.5) is 11.4 Å². The number of anilines is 2. The molecule has 0 saturated carbocycles. The molecule has 9 nitrogen and oxygen atoms in total. The third-order valence-electron chi connectivity index (χ3n) is 5.02. The molecule has 0 bridgehead atoms. The number of benzene rings is 2. The number of hydrogen-bond acceptors (Lipinski definition) is 7. The van der Waals surface area contributed by atoms with Gasteiger partial charge in [-0.15, -0.1) is 0 Å². The number of carbonyl (C=O) groups is 1. The number of pyridine rings is 1. The Morgan fingerprint density at radius 2 is 1.97 bits per heavy atom. The Morgan fingerprint density at radius 3 is 2.66 bits per heavy atom. The Kier molecular flexibility index (Phi) is 5.99. The van der Waals surface area contributed by atoms with Crippen molar-refractivity contribution in [1.82, 2.24) is 9.29 Å². The molecule has 1 aromatic heterocycles. The van der Waals surface area contributed by atoms with Crippen LogP contribution < -0.4 is 5.32 Å². The first-order valence-corrected chi connectivity index (χ1v) is 11.3. The van der Waals surface area contributed by atoms with Gasteiger partial charge in [0.1, 0.15) is 4.90 Å². The zero-order chi connectivity index (χ0) is 22.9. The topological polar surface area (TPSA) is 133 Å². The predicted molar refractivity (Wildman–Crippen MR) is 118 cm³/mol. The van der Waals surface area contributed by atoms with Crippen LogP contribution in [0.5, 0.6) is 0 Å². The second kappa shape index (κ2) is 8.72. The van der Waals surface area contributed by atoms with E-state index in [1.165, 1.54) is 28.7 Å². The first-order valence-electron chi connectivity index (χ1n) is 9.52. The average Bonchev–Trinajstić information content (AvgIpc) is 2.80. The van der Waals surface area contributed by atoms with Crippen LogP contribution in [0.25, 0.3) is 10.9 Å². The van der Waals surface area contributed by atoms with Crippen molar-refractivity contribution in [3.05, 3.63) is 58.7 Å². The van der Waals surface area contributed by atoms with Crippen LogP contribution in [0.15, 0.2) is 47.5 Å². The highest BCUT2D eigenvalue weighted by molar-refractivity contribution is 7.89. The molecule has 32 heavy (non-hydrogen) atoms. The smallest absolute Gasteiger partial charge is 0.337 e. The first kappa shape index (κ1) is 22.0. The lowest BCUT2D eigenvalue weighted by molar-refractivity contribution is 0.0698. The molecule has 0 unspecified atom stereocenters. The molecule has 2 N–H and O–H groups in total. The molecule has 0 amide bonds. The molecule has 0 spiro atoms. The second-order valence-corrected chi connectivity index (χ2v) is 9.32. The van der Waals surface area contributed by atoms with E-state index in [0.29, 0.717) is 15.9 Å². The van der Waals surface area contributed by atoms with Gasteiger partial charge in [0, 0.05) is 29.7 Å². The molecule has 1 aliphatic rings. The Hall–Kier alpha value is -3.23. The molecule has 164 valence electrons. The summed E-state index contributed by atoms with van der Waals surface area (Å²) in [4.78, 5) is 16.0. The zero-order valence-corrected chi connectivity index (χ0v) is 18.2. The molecule has 1 saturated heterocycles. The van der Waals surface area contributed by atoms with Crippen LogP contribution >= 0.6 is 11.6 Å². The highest BCUT2D eigenvalue weighted by Crippen LogP contribution is 2.36. The average molecular weight is 473 g/mol. The standard InChI is InChI=1S/C21H17ClN4O5S/c22-14-2-4-17-15(10-14)20(25-18-3-1-13(11-23)9-16(18)21(27)28)19(12-24-17)32(29,30)26-5-7-31-8-6-26/h1-4,9-10,12H,5-8H2,(H,24,25)(H,27,28). The summed E-state index contributed by atoms with van der Waals surface area (Å²) in [5.74, 6) is -1.27. The molecular formula is C21H17ClN4O5S. The first-order chi connectivity index (χ1) is 15.3. The van der Waals surface area contributed by atoms with Crippen molar-refractivity contribution < 1.29 is 23.1 Å². The number of fused-ring (bicyclic) bond motifs is 1. The maximum absolute atomic E-state index is 13.4. The van der Waals surface area contributed by atoms with E-state index in [4.69, 9.17) is 21.6 Å². The minimum absolute atomic E-state index is 0.116. The zero-order valence-electron chi connectivity index (χ0n) is 16.6. The van der Waals surface area contributed by atoms with Gasteiger partial charge < -0.3 is 15.2 Å². The van der Waals surface area contributed by atoms with E-state index in [2.05, 4.69) is 10.3 Å². The fourth-order valence-corrected chi connectivity index (χ4v) is 5.12. The monoisotopic (exact) mass is 472 g/mol. The van der Waals surface area contributed by atoms with Crippen molar-refractivity contribution in [2.45, 2.75) is 4.90 Å². The van der Waals surface area contributed by atoms with Crippen molar-refractivity contribution in [1.29, 1.82) is 5.26 Å². The fraction of sp³-hybridized carbons (Fsp3) is 0.190. The predicted octanol–water partition coefficient (Wildman–Crippen LogP) is 3.22. The summed E-state index contributed by atoms with van der Waals surface area (Å²) < 4.78 is 33.4. The van der Waals surface area contributed by atoms with E-state index < -0.39 is 16.0 Å². The minimum Gasteiger partial charge on any atom is -0.478 e. The summed E-state index contributed by atoms with van der Waals surface area (Å²) in [6, 6.07) is 10.8. The summed E-state index contributed by atoms with van der Waals surface area (Å²) >= 11 is 6.17. The number of nitriles is 1. The molecular weight excluding hydrogens is 456 g/mol. The fourth-order valence-electron chi connectivity index (χ4n) is 3.43. The summed E-state index contributed by atoms with van der Waals surface area (Å²) in [6.45, 7) is 0.917. The van der Waals surface area contributed by atoms with Gasteiger partial charge in [0.2, 0.25) is 10.0 Å². The molecule has 1 fully saturated rings. The van der Waals surface area contributed by atoms with Crippen molar-refractivity contribution in [2.24, 2.45) is 0 Å². The number of rotatable bonds is 5. The number of hydrogen-bond donors (Lipinski definition) is 2. The summed E-state index contributed by atoms with van der Waals surface area (Å²) in [7, 11) is -3.98. The summed E-state index contributed by atoms with van der Waals surface area (Å²) in [6.07, 6.45) is 1.24. The lowest BCUT2D eigenvalue weighted by Gasteiger charge is -2.27. The lowest BCUT2D eigenvalue weighted by Crippen LogP contribution is -2.40. The Morgan fingerprint density at radius 1 is 1.22 bits per heavy atom. The van der Waals surface area contributed by atoms with Gasteiger partial charge in [0.15, 0.2) is 0 Å². The maximum Gasteiger partial charge on any atom is 0.337 e. The molecule has 11 heteroatoms. The van der Waals surface area contributed by atoms with Gasteiger partial charge >= 0.3 is 5.97 Å². The molecule has 2 aromatic carbocycles. The molecule has 4 rings (SSSR count). The number of sulfonamides is 1. The number of carboxylic acids is 1. The van der Waals surface area contributed by atoms with Crippen molar-refractivity contribution in [3.63, 3.8) is 0 Å². The number of halogens is 1.